The lowest BCUT2D eigenvalue weighted by molar-refractivity contribution is 0.0740. The van der Waals surface area contributed by atoms with E-state index in [1.165, 1.54) is 12.4 Å². The summed E-state index contributed by atoms with van der Waals surface area (Å²) in [5.74, 6) is 0.483. The van der Waals surface area contributed by atoms with Crippen LogP contribution in [0, 0.1) is 0 Å². The van der Waals surface area contributed by atoms with E-state index in [0.717, 1.165) is 5.82 Å². The van der Waals surface area contributed by atoms with Gasteiger partial charge in [0.25, 0.3) is 11.8 Å². The van der Waals surface area contributed by atoms with E-state index in [-0.39, 0.29) is 11.8 Å². The van der Waals surface area contributed by atoms with E-state index >= 15 is 0 Å². The van der Waals surface area contributed by atoms with Crippen molar-refractivity contribution in [1.82, 2.24) is 24.8 Å². The molecule has 29 heavy (non-hydrogen) atoms. The predicted molar refractivity (Wildman–Crippen MR) is 107 cm³/mol. The molecular formula is C20H19N7O2. The molecule has 1 aliphatic heterocycles. The second kappa shape index (κ2) is 8.42. The molecule has 0 bridgehead atoms. The van der Waals surface area contributed by atoms with Gasteiger partial charge >= 0.3 is 0 Å². The number of nitrogens with zero attached hydrogens (tertiary/aromatic N) is 6. The number of amides is 2. The number of piperazine rings is 1. The van der Waals surface area contributed by atoms with E-state index in [2.05, 4.69) is 30.2 Å². The Morgan fingerprint density at radius 2 is 1.62 bits per heavy atom. The number of hydrogen-bond donors (Lipinski definition) is 1. The van der Waals surface area contributed by atoms with Crippen LogP contribution in [0.5, 0.6) is 0 Å². The molecule has 0 radical (unpaired) electrons. The van der Waals surface area contributed by atoms with Gasteiger partial charge in [0.1, 0.15) is 11.5 Å². The first kappa shape index (κ1) is 18.5. The van der Waals surface area contributed by atoms with Crippen molar-refractivity contribution in [3.8, 4) is 0 Å². The third kappa shape index (κ3) is 4.34. The van der Waals surface area contributed by atoms with Crippen LogP contribution in [0.3, 0.4) is 0 Å². The van der Waals surface area contributed by atoms with Gasteiger partial charge in [-0.2, -0.15) is 0 Å². The summed E-state index contributed by atoms with van der Waals surface area (Å²) in [4.78, 5) is 44.9. The minimum atomic E-state index is -0.210. The van der Waals surface area contributed by atoms with Gasteiger partial charge in [-0.3, -0.25) is 19.6 Å². The Morgan fingerprint density at radius 1 is 0.828 bits per heavy atom. The average molecular weight is 389 g/mol. The SMILES string of the molecule is O=C(Nc1ccc(N2CCN(C(=O)c3cnccn3)CC2)nc1)c1ccncc1. The summed E-state index contributed by atoms with van der Waals surface area (Å²) in [5, 5.41) is 2.82. The van der Waals surface area contributed by atoms with Crippen LogP contribution in [-0.2, 0) is 0 Å². The van der Waals surface area contributed by atoms with Crippen molar-refractivity contribution in [2.45, 2.75) is 0 Å². The molecule has 0 aromatic carbocycles. The van der Waals surface area contributed by atoms with Crippen molar-refractivity contribution in [3.63, 3.8) is 0 Å². The lowest BCUT2D eigenvalue weighted by atomic mass is 10.2. The van der Waals surface area contributed by atoms with Gasteiger partial charge in [-0.05, 0) is 24.3 Å². The number of aromatic nitrogens is 4. The number of hydrogen-bond acceptors (Lipinski definition) is 7. The summed E-state index contributed by atoms with van der Waals surface area (Å²) in [5.41, 5.74) is 1.51. The van der Waals surface area contributed by atoms with Crippen molar-refractivity contribution < 1.29 is 9.59 Å². The van der Waals surface area contributed by atoms with Crippen molar-refractivity contribution in [1.29, 1.82) is 0 Å². The number of rotatable bonds is 4. The first-order chi connectivity index (χ1) is 14.2. The molecule has 0 aliphatic carbocycles. The zero-order chi connectivity index (χ0) is 20.1. The molecule has 4 heterocycles. The fourth-order valence-electron chi connectivity index (χ4n) is 3.06. The second-order valence-corrected chi connectivity index (χ2v) is 6.46. The zero-order valence-electron chi connectivity index (χ0n) is 15.6. The standard InChI is InChI=1S/C20H19N7O2/c28-19(15-3-5-21-6-4-15)25-16-1-2-18(24-13-16)26-9-11-27(12-10-26)20(29)17-14-22-7-8-23-17/h1-8,13-14H,9-12H2,(H,25,28). The van der Waals surface area contributed by atoms with Gasteiger partial charge in [-0.15, -0.1) is 0 Å². The molecule has 3 aromatic rings. The second-order valence-electron chi connectivity index (χ2n) is 6.46. The molecule has 1 saturated heterocycles. The van der Waals surface area contributed by atoms with Gasteiger partial charge in [0.2, 0.25) is 0 Å². The fraction of sp³-hybridized carbons (Fsp3) is 0.200. The third-order valence-electron chi connectivity index (χ3n) is 4.62. The van der Waals surface area contributed by atoms with E-state index in [0.29, 0.717) is 43.1 Å². The largest absolute Gasteiger partial charge is 0.353 e. The smallest absolute Gasteiger partial charge is 0.274 e. The monoisotopic (exact) mass is 389 g/mol. The highest BCUT2D eigenvalue weighted by molar-refractivity contribution is 6.04. The predicted octanol–water partition coefficient (Wildman–Crippen LogP) is 1.48. The van der Waals surface area contributed by atoms with E-state index < -0.39 is 0 Å². The Labute approximate surface area is 167 Å². The summed E-state index contributed by atoms with van der Waals surface area (Å²) < 4.78 is 0. The van der Waals surface area contributed by atoms with Crippen LogP contribution in [0.15, 0.2) is 61.4 Å². The van der Waals surface area contributed by atoms with E-state index in [1.54, 1.807) is 41.8 Å². The summed E-state index contributed by atoms with van der Waals surface area (Å²) in [7, 11) is 0. The van der Waals surface area contributed by atoms with Crippen molar-refractivity contribution in [2.75, 3.05) is 36.4 Å². The number of carbonyl (C=O) groups excluding carboxylic acids is 2. The first-order valence-corrected chi connectivity index (χ1v) is 9.18. The van der Waals surface area contributed by atoms with Crippen molar-refractivity contribution in [2.24, 2.45) is 0 Å². The molecule has 4 rings (SSSR count). The molecule has 9 heteroatoms. The van der Waals surface area contributed by atoms with Crippen LogP contribution < -0.4 is 10.2 Å². The van der Waals surface area contributed by atoms with Gasteiger partial charge in [-0.1, -0.05) is 0 Å². The topological polar surface area (TPSA) is 104 Å². The summed E-state index contributed by atoms with van der Waals surface area (Å²) in [6.45, 7) is 2.50. The van der Waals surface area contributed by atoms with Crippen LogP contribution in [0.25, 0.3) is 0 Å². The van der Waals surface area contributed by atoms with E-state index in [9.17, 15) is 9.59 Å². The van der Waals surface area contributed by atoms with Crippen LogP contribution in [0.2, 0.25) is 0 Å². The van der Waals surface area contributed by atoms with Crippen LogP contribution in [0.1, 0.15) is 20.8 Å². The van der Waals surface area contributed by atoms with Crippen molar-refractivity contribution in [3.05, 3.63) is 72.7 Å². The van der Waals surface area contributed by atoms with Gasteiger partial charge in [0.15, 0.2) is 0 Å². The Balaban J connectivity index is 1.33. The number of anilines is 2. The molecule has 0 saturated carbocycles. The Hall–Kier alpha value is -3.88. The minimum absolute atomic E-state index is 0.111. The maximum Gasteiger partial charge on any atom is 0.274 e. The molecule has 3 aromatic heterocycles. The quantitative estimate of drug-likeness (QED) is 0.721. The van der Waals surface area contributed by atoms with Gasteiger partial charge in [0.05, 0.1) is 18.1 Å². The highest BCUT2D eigenvalue weighted by Gasteiger charge is 2.23. The zero-order valence-corrected chi connectivity index (χ0v) is 15.6. The Bertz CT molecular complexity index is 973. The van der Waals surface area contributed by atoms with E-state index in [4.69, 9.17) is 0 Å². The summed E-state index contributed by atoms with van der Waals surface area (Å²) in [6, 6.07) is 6.98. The molecule has 1 N–H and O–H groups in total. The van der Waals surface area contributed by atoms with Gasteiger partial charge in [-0.25, -0.2) is 9.97 Å². The summed E-state index contributed by atoms with van der Waals surface area (Å²) in [6.07, 6.45) is 9.32. The number of pyridine rings is 2. The first-order valence-electron chi connectivity index (χ1n) is 9.18. The molecule has 1 fully saturated rings. The maximum absolute atomic E-state index is 12.5. The lowest BCUT2D eigenvalue weighted by Crippen LogP contribution is -2.49. The van der Waals surface area contributed by atoms with Crippen molar-refractivity contribution >= 4 is 23.3 Å². The normalized spacial score (nSPS) is 13.8. The highest BCUT2D eigenvalue weighted by atomic mass is 16.2. The van der Waals surface area contributed by atoms with Gasteiger partial charge in [0, 0.05) is 56.5 Å². The molecule has 0 atom stereocenters. The molecule has 2 amide bonds. The average Bonchev–Trinajstić information content (AvgIpc) is 2.80. The van der Waals surface area contributed by atoms with E-state index in [1.807, 2.05) is 12.1 Å². The summed E-state index contributed by atoms with van der Waals surface area (Å²) >= 11 is 0. The van der Waals surface area contributed by atoms with Gasteiger partial charge < -0.3 is 15.1 Å². The van der Waals surface area contributed by atoms with Crippen LogP contribution in [-0.4, -0.2) is 62.8 Å². The van der Waals surface area contributed by atoms with Crippen LogP contribution >= 0.6 is 0 Å². The Kier molecular flexibility index (Phi) is 5.37. The third-order valence-corrected chi connectivity index (χ3v) is 4.62. The minimum Gasteiger partial charge on any atom is -0.353 e. The Morgan fingerprint density at radius 3 is 2.28 bits per heavy atom. The lowest BCUT2D eigenvalue weighted by Gasteiger charge is -2.35. The number of nitrogens with one attached hydrogen (secondary N) is 1. The highest BCUT2D eigenvalue weighted by Crippen LogP contribution is 2.17. The maximum atomic E-state index is 12.5. The van der Waals surface area contributed by atoms with Crippen LogP contribution in [0.4, 0.5) is 11.5 Å². The fourth-order valence-corrected chi connectivity index (χ4v) is 3.06. The molecule has 0 unspecified atom stereocenters. The molecular weight excluding hydrogens is 370 g/mol. The molecule has 0 spiro atoms. The molecule has 1 aliphatic rings. The number of carbonyl (C=O) groups is 2. The molecule has 146 valence electrons. The molecule has 9 nitrogen and oxygen atoms in total.